The minimum Gasteiger partial charge on any atom is -0.379 e. The number of nitrogens with one attached hydrogen (secondary N) is 1. The van der Waals surface area contributed by atoms with Crippen LogP contribution in [0.25, 0.3) is 0 Å². The van der Waals surface area contributed by atoms with Crippen LogP contribution in [0.15, 0.2) is 4.99 Å². The number of morpholine rings is 1. The average molecular weight is 479 g/mol. The number of rotatable bonds is 6. The normalized spacial score (nSPS) is 25.7. The van der Waals surface area contributed by atoms with E-state index >= 15 is 0 Å². The fourth-order valence-electron chi connectivity index (χ4n) is 4.44. The molecule has 0 aromatic carbocycles. The Kier molecular flexibility index (Phi) is 9.94. The summed E-state index contributed by atoms with van der Waals surface area (Å²) in [5.74, 6) is 1.11. The Labute approximate surface area is 176 Å². The summed E-state index contributed by atoms with van der Waals surface area (Å²) in [5, 5.41) is 3.51. The van der Waals surface area contributed by atoms with Crippen LogP contribution in [0.5, 0.6) is 0 Å². The second kappa shape index (κ2) is 11.7. The molecule has 1 N–H and O–H groups in total. The van der Waals surface area contributed by atoms with Crippen molar-refractivity contribution in [1.29, 1.82) is 0 Å². The summed E-state index contributed by atoms with van der Waals surface area (Å²) in [5.41, 5.74) is 0. The molecule has 3 aliphatic rings. The van der Waals surface area contributed by atoms with E-state index in [4.69, 9.17) is 9.73 Å². The van der Waals surface area contributed by atoms with Gasteiger partial charge in [-0.2, -0.15) is 0 Å². The van der Waals surface area contributed by atoms with E-state index in [1.54, 1.807) is 0 Å². The molecular formula is C19H38IN5O. The maximum atomic E-state index is 5.49. The standard InChI is InChI=1S/C19H37N5O.HI/c1-3-20-19(21-9-11-22(2)17-6-4-5-7-17)24-10-8-18(16-24)23-12-14-25-15-13-23;/h17-18H,3-16H2,1-2H3,(H,20,21);1H. The van der Waals surface area contributed by atoms with Gasteiger partial charge in [-0.1, -0.05) is 12.8 Å². The van der Waals surface area contributed by atoms with Crippen LogP contribution in [0.3, 0.4) is 0 Å². The molecule has 3 fully saturated rings. The van der Waals surface area contributed by atoms with Gasteiger partial charge in [-0.05, 0) is 33.2 Å². The third kappa shape index (κ3) is 6.21. The highest BCUT2D eigenvalue weighted by atomic mass is 127. The number of halogens is 1. The summed E-state index contributed by atoms with van der Waals surface area (Å²) < 4.78 is 5.49. The molecule has 1 saturated carbocycles. The monoisotopic (exact) mass is 479 g/mol. The van der Waals surface area contributed by atoms with E-state index in [9.17, 15) is 0 Å². The first-order valence-corrected chi connectivity index (χ1v) is 10.3. The van der Waals surface area contributed by atoms with Crippen LogP contribution < -0.4 is 5.32 Å². The molecule has 2 heterocycles. The molecule has 1 unspecified atom stereocenters. The number of likely N-dealkylation sites (N-methyl/N-ethyl adjacent to an activating group) is 1. The summed E-state index contributed by atoms with van der Waals surface area (Å²) in [6.45, 7) is 11.2. The van der Waals surface area contributed by atoms with Crippen molar-refractivity contribution in [2.75, 3.05) is 66.1 Å². The van der Waals surface area contributed by atoms with Gasteiger partial charge >= 0.3 is 0 Å². The van der Waals surface area contributed by atoms with Gasteiger partial charge in [0.2, 0.25) is 0 Å². The number of hydrogen-bond donors (Lipinski definition) is 1. The quantitative estimate of drug-likeness (QED) is 0.358. The Morgan fingerprint density at radius 3 is 2.58 bits per heavy atom. The first kappa shape index (κ1) is 22.2. The predicted octanol–water partition coefficient (Wildman–Crippen LogP) is 1.85. The Bertz CT molecular complexity index is 424. The number of ether oxygens (including phenoxy) is 1. The first-order chi connectivity index (χ1) is 12.3. The van der Waals surface area contributed by atoms with Crippen molar-refractivity contribution < 1.29 is 4.74 Å². The lowest BCUT2D eigenvalue weighted by Crippen LogP contribution is -2.46. The first-order valence-electron chi connectivity index (χ1n) is 10.3. The third-order valence-corrected chi connectivity index (χ3v) is 6.02. The molecule has 0 aromatic heterocycles. The van der Waals surface area contributed by atoms with E-state index in [0.29, 0.717) is 6.04 Å². The van der Waals surface area contributed by atoms with Crippen molar-refractivity contribution >= 4 is 29.9 Å². The van der Waals surface area contributed by atoms with Crippen LogP contribution in [-0.2, 0) is 4.74 Å². The minimum atomic E-state index is 0. The fourth-order valence-corrected chi connectivity index (χ4v) is 4.44. The van der Waals surface area contributed by atoms with Gasteiger partial charge in [0, 0.05) is 51.4 Å². The number of aliphatic imine (C=N–C) groups is 1. The van der Waals surface area contributed by atoms with Crippen LogP contribution in [-0.4, -0.2) is 98.8 Å². The molecular weight excluding hydrogens is 441 g/mol. The molecule has 2 aliphatic heterocycles. The second-order valence-electron chi connectivity index (χ2n) is 7.69. The van der Waals surface area contributed by atoms with Crippen LogP contribution in [0.1, 0.15) is 39.0 Å². The Morgan fingerprint density at radius 1 is 1.15 bits per heavy atom. The molecule has 2 saturated heterocycles. The molecule has 0 radical (unpaired) electrons. The summed E-state index contributed by atoms with van der Waals surface area (Å²) in [7, 11) is 2.27. The number of nitrogens with zero attached hydrogens (tertiary/aromatic N) is 4. The lowest BCUT2D eigenvalue weighted by atomic mass is 10.2. The maximum absolute atomic E-state index is 5.49. The van der Waals surface area contributed by atoms with Crippen molar-refractivity contribution in [2.24, 2.45) is 4.99 Å². The van der Waals surface area contributed by atoms with E-state index in [1.807, 2.05) is 0 Å². The van der Waals surface area contributed by atoms with Crippen molar-refractivity contribution in [2.45, 2.75) is 51.1 Å². The lowest BCUT2D eigenvalue weighted by Gasteiger charge is -2.32. The predicted molar refractivity (Wildman–Crippen MR) is 119 cm³/mol. The van der Waals surface area contributed by atoms with Crippen LogP contribution in [0, 0.1) is 0 Å². The summed E-state index contributed by atoms with van der Waals surface area (Å²) in [6.07, 6.45) is 6.78. The molecule has 3 rings (SSSR count). The van der Waals surface area contributed by atoms with E-state index < -0.39 is 0 Å². The maximum Gasteiger partial charge on any atom is 0.194 e. The molecule has 1 aliphatic carbocycles. The van der Waals surface area contributed by atoms with Crippen LogP contribution >= 0.6 is 24.0 Å². The van der Waals surface area contributed by atoms with E-state index in [2.05, 4.69) is 34.0 Å². The third-order valence-electron chi connectivity index (χ3n) is 6.02. The largest absolute Gasteiger partial charge is 0.379 e. The van der Waals surface area contributed by atoms with E-state index in [1.165, 1.54) is 32.1 Å². The van der Waals surface area contributed by atoms with Crippen molar-refractivity contribution in [3.63, 3.8) is 0 Å². The molecule has 0 aromatic rings. The number of guanidine groups is 1. The number of likely N-dealkylation sites (tertiary alicyclic amines) is 1. The van der Waals surface area contributed by atoms with Gasteiger partial charge in [0.15, 0.2) is 5.96 Å². The van der Waals surface area contributed by atoms with Gasteiger partial charge in [-0.25, -0.2) is 0 Å². The van der Waals surface area contributed by atoms with Gasteiger partial charge in [-0.15, -0.1) is 24.0 Å². The van der Waals surface area contributed by atoms with Crippen molar-refractivity contribution in [3.05, 3.63) is 0 Å². The highest BCUT2D eigenvalue weighted by molar-refractivity contribution is 14.0. The van der Waals surface area contributed by atoms with E-state index in [0.717, 1.165) is 71.0 Å². The fraction of sp³-hybridized carbons (Fsp3) is 0.947. The van der Waals surface area contributed by atoms with Gasteiger partial charge in [-0.3, -0.25) is 9.89 Å². The van der Waals surface area contributed by atoms with Crippen molar-refractivity contribution in [1.82, 2.24) is 20.0 Å². The second-order valence-corrected chi connectivity index (χ2v) is 7.69. The minimum absolute atomic E-state index is 0. The lowest BCUT2D eigenvalue weighted by molar-refractivity contribution is 0.0195. The zero-order valence-corrected chi connectivity index (χ0v) is 19.0. The molecule has 0 bridgehead atoms. The molecule has 0 amide bonds. The summed E-state index contributed by atoms with van der Waals surface area (Å²) in [6, 6.07) is 1.45. The number of hydrogen-bond acceptors (Lipinski definition) is 4. The van der Waals surface area contributed by atoms with Gasteiger partial charge in [0.05, 0.1) is 19.8 Å². The SMILES string of the molecule is CCNC(=NCCN(C)C1CCCC1)N1CCC(N2CCOCC2)C1.I. The Balaban J connectivity index is 0.00000243. The Hall–Kier alpha value is -0.120. The highest BCUT2D eigenvalue weighted by Crippen LogP contribution is 2.22. The van der Waals surface area contributed by atoms with E-state index in [-0.39, 0.29) is 24.0 Å². The van der Waals surface area contributed by atoms with Crippen LogP contribution in [0.4, 0.5) is 0 Å². The molecule has 1 atom stereocenters. The molecule has 0 spiro atoms. The summed E-state index contributed by atoms with van der Waals surface area (Å²) >= 11 is 0. The molecule has 26 heavy (non-hydrogen) atoms. The van der Waals surface area contributed by atoms with Gasteiger partial charge < -0.3 is 19.9 Å². The van der Waals surface area contributed by atoms with Crippen LogP contribution in [0.2, 0.25) is 0 Å². The van der Waals surface area contributed by atoms with Gasteiger partial charge in [0.1, 0.15) is 0 Å². The zero-order chi connectivity index (χ0) is 17.5. The molecule has 6 nitrogen and oxygen atoms in total. The zero-order valence-electron chi connectivity index (χ0n) is 16.7. The smallest absolute Gasteiger partial charge is 0.194 e. The highest BCUT2D eigenvalue weighted by Gasteiger charge is 2.30. The molecule has 7 heteroatoms. The molecule has 152 valence electrons. The topological polar surface area (TPSA) is 43.3 Å². The van der Waals surface area contributed by atoms with Gasteiger partial charge in [0.25, 0.3) is 0 Å². The van der Waals surface area contributed by atoms with Crippen molar-refractivity contribution in [3.8, 4) is 0 Å². The summed E-state index contributed by atoms with van der Waals surface area (Å²) in [4.78, 5) is 12.5. The average Bonchev–Trinajstić information content (AvgIpc) is 3.33. The Morgan fingerprint density at radius 2 is 1.88 bits per heavy atom.